The predicted molar refractivity (Wildman–Crippen MR) is 223 cm³/mol. The smallest absolute Gasteiger partial charge is 0.268 e. The second-order valence-corrected chi connectivity index (χ2v) is 14.9. The third-order valence-corrected chi connectivity index (χ3v) is 11.1. The van der Waals surface area contributed by atoms with E-state index in [9.17, 15) is 9.59 Å². The molecule has 4 heteroatoms. The molecule has 2 heterocycles. The molecule has 0 unspecified atom stereocenters. The quantitative estimate of drug-likeness (QED) is 0.168. The first-order valence-corrected chi connectivity index (χ1v) is 18.5. The Morgan fingerprint density at radius 3 is 1.43 bits per heavy atom. The zero-order valence-electron chi connectivity index (χ0n) is 31.4. The van der Waals surface area contributed by atoms with Gasteiger partial charge in [0.1, 0.15) is 0 Å². The molecule has 54 heavy (non-hydrogen) atoms. The normalized spacial score (nSPS) is 12.7. The van der Waals surface area contributed by atoms with Gasteiger partial charge in [-0.15, -0.1) is 0 Å². The molecule has 1 aromatic heterocycles. The number of aryl methyl sites for hydroxylation is 6. The first-order chi connectivity index (χ1) is 26.1. The lowest BCUT2D eigenvalue weighted by Gasteiger charge is -2.19. The van der Waals surface area contributed by atoms with E-state index in [0.717, 1.165) is 44.1 Å². The highest BCUT2D eigenvalue weighted by molar-refractivity contribution is 6.36. The molecule has 0 spiro atoms. The fourth-order valence-electron chi connectivity index (χ4n) is 9.07. The summed E-state index contributed by atoms with van der Waals surface area (Å²) < 4.78 is 2.18. The minimum Gasteiger partial charge on any atom is -0.308 e. The number of carbonyl (C=O) groups is 2. The molecule has 8 aromatic rings. The summed E-state index contributed by atoms with van der Waals surface area (Å²) in [5.41, 5.74) is 18.0. The molecule has 2 amide bonds. The van der Waals surface area contributed by atoms with Gasteiger partial charge in [-0.3, -0.25) is 9.59 Å². The van der Waals surface area contributed by atoms with Crippen molar-refractivity contribution in [3.8, 4) is 39.1 Å². The molecule has 0 atom stereocenters. The fraction of sp³-hybridized carbons (Fsp3) is 0.120. The van der Waals surface area contributed by atoms with Crippen molar-refractivity contribution in [3.05, 3.63) is 178 Å². The molecule has 0 saturated heterocycles. The van der Waals surface area contributed by atoms with Gasteiger partial charge in [0.15, 0.2) is 0 Å². The van der Waals surface area contributed by atoms with Gasteiger partial charge in [-0.2, -0.15) is 0 Å². The fourth-order valence-corrected chi connectivity index (χ4v) is 9.07. The first-order valence-electron chi connectivity index (χ1n) is 18.5. The van der Waals surface area contributed by atoms with Crippen LogP contribution in [0.4, 0.5) is 5.69 Å². The Kier molecular flexibility index (Phi) is 7.75. The van der Waals surface area contributed by atoms with E-state index in [1.54, 1.807) is 6.07 Å². The van der Waals surface area contributed by atoms with Crippen LogP contribution >= 0.6 is 0 Å². The highest BCUT2D eigenvalue weighted by Gasteiger charge is 2.40. The van der Waals surface area contributed by atoms with Gasteiger partial charge in [-0.05, 0) is 134 Å². The molecule has 0 fully saturated rings. The van der Waals surface area contributed by atoms with E-state index in [-0.39, 0.29) is 11.8 Å². The van der Waals surface area contributed by atoms with Gasteiger partial charge in [0.25, 0.3) is 11.8 Å². The second kappa shape index (κ2) is 12.6. The lowest BCUT2D eigenvalue weighted by atomic mass is 9.91. The van der Waals surface area contributed by atoms with Crippen molar-refractivity contribution in [1.29, 1.82) is 0 Å². The average molecular weight is 701 g/mol. The number of amides is 2. The van der Waals surface area contributed by atoms with Gasteiger partial charge in [0.05, 0.1) is 33.5 Å². The molecular weight excluding hydrogens is 661 g/mol. The van der Waals surface area contributed by atoms with Crippen molar-refractivity contribution in [2.45, 2.75) is 41.5 Å². The number of anilines is 1. The summed E-state index contributed by atoms with van der Waals surface area (Å²) in [7, 11) is 0. The highest BCUT2D eigenvalue weighted by atomic mass is 16.2. The van der Waals surface area contributed by atoms with Crippen LogP contribution in [-0.2, 0) is 0 Å². The van der Waals surface area contributed by atoms with Crippen molar-refractivity contribution < 1.29 is 9.59 Å². The van der Waals surface area contributed by atoms with Gasteiger partial charge in [0.2, 0.25) is 0 Å². The average Bonchev–Trinajstić information content (AvgIpc) is 3.60. The Morgan fingerprint density at radius 1 is 0.389 bits per heavy atom. The van der Waals surface area contributed by atoms with Crippen molar-refractivity contribution in [3.63, 3.8) is 0 Å². The summed E-state index contributed by atoms with van der Waals surface area (Å²) in [5, 5.41) is 2.18. The summed E-state index contributed by atoms with van der Waals surface area (Å²) >= 11 is 0. The molecular formula is C50H40N2O2. The molecule has 9 rings (SSSR count). The van der Waals surface area contributed by atoms with Crippen LogP contribution in [0.3, 0.4) is 0 Å². The van der Waals surface area contributed by atoms with Gasteiger partial charge in [-0.1, -0.05) is 102 Å². The van der Waals surface area contributed by atoms with Crippen LogP contribution in [0.15, 0.2) is 133 Å². The molecule has 262 valence electrons. The van der Waals surface area contributed by atoms with Crippen LogP contribution in [-0.4, -0.2) is 16.4 Å². The minimum atomic E-state index is -0.325. The van der Waals surface area contributed by atoms with Crippen LogP contribution < -0.4 is 4.90 Å². The third kappa shape index (κ3) is 5.13. The number of nitrogens with zero attached hydrogens (tertiary/aromatic N) is 2. The van der Waals surface area contributed by atoms with E-state index in [1.165, 1.54) is 49.4 Å². The molecule has 0 N–H and O–H groups in total. The highest BCUT2D eigenvalue weighted by Crippen LogP contribution is 2.43. The number of hydrogen-bond acceptors (Lipinski definition) is 2. The summed E-state index contributed by atoms with van der Waals surface area (Å²) in [4.78, 5) is 30.4. The molecule has 4 nitrogen and oxygen atoms in total. The second-order valence-electron chi connectivity index (χ2n) is 14.9. The number of benzene rings is 7. The molecule has 7 aromatic carbocycles. The van der Waals surface area contributed by atoms with Crippen molar-refractivity contribution in [2.24, 2.45) is 0 Å². The topological polar surface area (TPSA) is 42.3 Å². The predicted octanol–water partition coefficient (Wildman–Crippen LogP) is 12.4. The molecule has 1 aliphatic heterocycles. The number of rotatable bonds is 5. The number of aromatic nitrogens is 1. The van der Waals surface area contributed by atoms with Crippen LogP contribution in [0.5, 0.6) is 0 Å². The van der Waals surface area contributed by atoms with Gasteiger partial charge in [0, 0.05) is 16.3 Å². The number of para-hydroxylation sites is 1. The van der Waals surface area contributed by atoms with E-state index < -0.39 is 0 Å². The van der Waals surface area contributed by atoms with Crippen molar-refractivity contribution in [2.75, 3.05) is 4.90 Å². The van der Waals surface area contributed by atoms with Crippen LogP contribution in [0.25, 0.3) is 60.9 Å². The number of imide groups is 1. The van der Waals surface area contributed by atoms with E-state index in [0.29, 0.717) is 22.5 Å². The van der Waals surface area contributed by atoms with E-state index >= 15 is 0 Å². The maximum Gasteiger partial charge on any atom is 0.268 e. The van der Waals surface area contributed by atoms with Gasteiger partial charge < -0.3 is 4.57 Å². The first kappa shape index (κ1) is 33.3. The van der Waals surface area contributed by atoms with Gasteiger partial charge in [-0.25, -0.2) is 4.90 Å². The Bertz CT molecular complexity index is 2720. The Hall–Kier alpha value is -6.52. The summed E-state index contributed by atoms with van der Waals surface area (Å²) in [6.45, 7) is 13.0. The SMILES string of the molecule is Cc1cc(C)c(-c2ccc3c(c2)c2cc(-c4c(C)cc(C)cc4C)ccc2n3-c2cccc3c2C(=O)N(c2ccccc2-c2ccccc2)C3=O)c(C)c1. The third-order valence-electron chi connectivity index (χ3n) is 11.1. The summed E-state index contributed by atoms with van der Waals surface area (Å²) in [6.07, 6.45) is 0. The Labute approximate surface area is 315 Å². The number of hydrogen-bond donors (Lipinski definition) is 0. The Balaban J connectivity index is 1.29. The zero-order chi connectivity index (χ0) is 37.4. The maximum absolute atomic E-state index is 14.8. The standard InChI is InChI=1S/C50H40N2O2/c1-29-23-31(3)46(32(4)24-29)36-19-21-43-40(27-36)41-28-37(47-33(5)25-30(2)26-34(47)6)20-22-44(41)51(43)45-18-12-16-39-48(45)50(54)52(49(39)53)42-17-11-10-15-38(42)35-13-8-7-9-14-35/h7-28H,1-6H3. The molecule has 0 aliphatic carbocycles. The number of carbonyl (C=O) groups excluding carboxylic acids is 2. The molecule has 0 radical (unpaired) electrons. The molecule has 0 bridgehead atoms. The number of fused-ring (bicyclic) bond motifs is 4. The lowest BCUT2D eigenvalue weighted by molar-refractivity contribution is 0.0926. The monoisotopic (exact) mass is 700 g/mol. The maximum atomic E-state index is 14.8. The van der Waals surface area contributed by atoms with Crippen molar-refractivity contribution >= 4 is 39.3 Å². The summed E-state index contributed by atoms with van der Waals surface area (Å²) in [5.74, 6) is -0.643. The summed E-state index contributed by atoms with van der Waals surface area (Å²) in [6, 6.07) is 45.5. The van der Waals surface area contributed by atoms with Crippen molar-refractivity contribution in [1.82, 2.24) is 4.57 Å². The van der Waals surface area contributed by atoms with E-state index in [1.807, 2.05) is 66.7 Å². The Morgan fingerprint density at radius 2 is 0.870 bits per heavy atom. The van der Waals surface area contributed by atoms with Gasteiger partial charge >= 0.3 is 0 Å². The minimum absolute atomic E-state index is 0.318. The van der Waals surface area contributed by atoms with Crippen LogP contribution in [0, 0.1) is 41.5 Å². The largest absolute Gasteiger partial charge is 0.308 e. The lowest BCUT2D eigenvalue weighted by Crippen LogP contribution is -2.30. The zero-order valence-corrected chi connectivity index (χ0v) is 31.4. The molecule has 1 aliphatic rings. The molecule has 0 saturated carbocycles. The van der Waals surface area contributed by atoms with E-state index in [2.05, 4.69) is 107 Å². The van der Waals surface area contributed by atoms with Crippen LogP contribution in [0.2, 0.25) is 0 Å². The van der Waals surface area contributed by atoms with Crippen LogP contribution in [0.1, 0.15) is 54.1 Å². The van der Waals surface area contributed by atoms with E-state index in [4.69, 9.17) is 0 Å².